The van der Waals surface area contributed by atoms with E-state index >= 15 is 0 Å². The van der Waals surface area contributed by atoms with E-state index < -0.39 is 11.7 Å². The van der Waals surface area contributed by atoms with E-state index in [1.165, 1.54) is 31.4 Å². The van der Waals surface area contributed by atoms with Gasteiger partial charge in [0.2, 0.25) is 0 Å². The van der Waals surface area contributed by atoms with E-state index in [-0.39, 0.29) is 5.56 Å². The Labute approximate surface area is 128 Å². The number of carbonyl (C=O) groups excluding carboxylic acids is 1. The standard InChI is InChI=1S/C14H10BrClFNO2/c1-20-13-5-3-9(7-11(13)16)18-14(19)10-6-8(15)2-4-12(10)17/h2-7H,1H3,(H,18,19). The molecule has 0 saturated carbocycles. The number of nitrogens with one attached hydrogen (secondary N) is 1. The van der Waals surface area contributed by atoms with Crippen LogP contribution in [0.3, 0.4) is 0 Å². The molecule has 1 amide bonds. The largest absolute Gasteiger partial charge is 0.495 e. The second-order valence-electron chi connectivity index (χ2n) is 3.93. The van der Waals surface area contributed by atoms with Crippen molar-refractivity contribution >= 4 is 39.1 Å². The first-order valence-corrected chi connectivity index (χ1v) is 6.78. The molecule has 0 aliphatic carbocycles. The molecule has 3 nitrogen and oxygen atoms in total. The average Bonchev–Trinajstić information content (AvgIpc) is 2.41. The first-order chi connectivity index (χ1) is 9.51. The fraction of sp³-hybridized carbons (Fsp3) is 0.0714. The molecule has 0 saturated heterocycles. The molecule has 2 aromatic rings. The van der Waals surface area contributed by atoms with Gasteiger partial charge in [0.1, 0.15) is 11.6 Å². The zero-order valence-electron chi connectivity index (χ0n) is 10.4. The molecule has 6 heteroatoms. The lowest BCUT2D eigenvalue weighted by atomic mass is 10.2. The highest BCUT2D eigenvalue weighted by molar-refractivity contribution is 9.10. The van der Waals surface area contributed by atoms with Gasteiger partial charge in [0, 0.05) is 10.2 Å². The summed E-state index contributed by atoms with van der Waals surface area (Å²) in [6.07, 6.45) is 0. The van der Waals surface area contributed by atoms with E-state index in [0.29, 0.717) is 20.9 Å². The fourth-order valence-electron chi connectivity index (χ4n) is 1.61. The van der Waals surface area contributed by atoms with E-state index in [2.05, 4.69) is 21.2 Å². The van der Waals surface area contributed by atoms with Crippen LogP contribution in [-0.2, 0) is 0 Å². The highest BCUT2D eigenvalue weighted by Gasteiger charge is 2.13. The Kier molecular flexibility index (Phi) is 4.62. The number of anilines is 1. The predicted octanol–water partition coefficient (Wildman–Crippen LogP) is 4.50. The Bertz CT molecular complexity index is 664. The number of amides is 1. The van der Waals surface area contributed by atoms with Crippen LogP contribution < -0.4 is 10.1 Å². The van der Waals surface area contributed by atoms with Gasteiger partial charge in [-0.1, -0.05) is 27.5 Å². The molecule has 0 aromatic heterocycles. The van der Waals surface area contributed by atoms with Gasteiger partial charge >= 0.3 is 0 Å². The van der Waals surface area contributed by atoms with Gasteiger partial charge in [-0.05, 0) is 36.4 Å². The van der Waals surface area contributed by atoms with Crippen LogP contribution in [0.2, 0.25) is 5.02 Å². The fourth-order valence-corrected chi connectivity index (χ4v) is 2.23. The van der Waals surface area contributed by atoms with E-state index in [9.17, 15) is 9.18 Å². The Morgan fingerprint density at radius 1 is 1.30 bits per heavy atom. The van der Waals surface area contributed by atoms with Crippen LogP contribution in [0.5, 0.6) is 5.75 Å². The molecule has 0 unspecified atom stereocenters. The smallest absolute Gasteiger partial charge is 0.258 e. The molecule has 0 fully saturated rings. The molecular formula is C14H10BrClFNO2. The molecule has 1 N–H and O–H groups in total. The van der Waals surface area contributed by atoms with Gasteiger partial charge in [0.25, 0.3) is 5.91 Å². The first-order valence-electron chi connectivity index (χ1n) is 5.61. The van der Waals surface area contributed by atoms with Gasteiger partial charge < -0.3 is 10.1 Å². The van der Waals surface area contributed by atoms with E-state index in [1.54, 1.807) is 12.1 Å². The number of methoxy groups -OCH3 is 1. The van der Waals surface area contributed by atoms with Gasteiger partial charge in [-0.15, -0.1) is 0 Å². The van der Waals surface area contributed by atoms with Crippen molar-refractivity contribution in [2.24, 2.45) is 0 Å². The molecule has 2 aromatic carbocycles. The maximum atomic E-state index is 13.6. The molecule has 0 atom stereocenters. The second-order valence-corrected chi connectivity index (χ2v) is 5.25. The summed E-state index contributed by atoms with van der Waals surface area (Å²) in [5.41, 5.74) is 0.409. The zero-order chi connectivity index (χ0) is 14.7. The van der Waals surface area contributed by atoms with Crippen LogP contribution in [0.4, 0.5) is 10.1 Å². The number of hydrogen-bond donors (Lipinski definition) is 1. The number of rotatable bonds is 3. The van der Waals surface area contributed by atoms with Gasteiger partial charge in [-0.2, -0.15) is 0 Å². The maximum Gasteiger partial charge on any atom is 0.258 e. The molecule has 0 bridgehead atoms. The summed E-state index contributed by atoms with van der Waals surface area (Å²) in [7, 11) is 1.50. The van der Waals surface area contributed by atoms with Crippen molar-refractivity contribution in [2.75, 3.05) is 12.4 Å². The number of halogens is 3. The van der Waals surface area contributed by atoms with Crippen molar-refractivity contribution in [1.82, 2.24) is 0 Å². The summed E-state index contributed by atoms with van der Waals surface area (Å²) >= 11 is 9.15. The first kappa shape index (κ1) is 14.8. The summed E-state index contributed by atoms with van der Waals surface area (Å²) in [5.74, 6) is -0.645. The maximum absolute atomic E-state index is 13.6. The van der Waals surface area contributed by atoms with Crippen LogP contribution in [-0.4, -0.2) is 13.0 Å². The van der Waals surface area contributed by atoms with Crippen molar-refractivity contribution < 1.29 is 13.9 Å². The van der Waals surface area contributed by atoms with Crippen LogP contribution >= 0.6 is 27.5 Å². The van der Waals surface area contributed by atoms with Crippen LogP contribution in [0, 0.1) is 5.82 Å². The van der Waals surface area contributed by atoms with Crippen molar-refractivity contribution in [1.29, 1.82) is 0 Å². The van der Waals surface area contributed by atoms with Gasteiger partial charge in [0.05, 0.1) is 17.7 Å². The minimum Gasteiger partial charge on any atom is -0.495 e. The van der Waals surface area contributed by atoms with Gasteiger partial charge in [0.15, 0.2) is 0 Å². The predicted molar refractivity (Wildman–Crippen MR) is 80.1 cm³/mol. The van der Waals surface area contributed by atoms with Crippen LogP contribution in [0.1, 0.15) is 10.4 Å². The van der Waals surface area contributed by atoms with E-state index in [0.717, 1.165) is 0 Å². The van der Waals surface area contributed by atoms with Gasteiger partial charge in [-0.25, -0.2) is 4.39 Å². The molecule has 104 valence electrons. The van der Waals surface area contributed by atoms with Gasteiger partial charge in [-0.3, -0.25) is 4.79 Å². The topological polar surface area (TPSA) is 38.3 Å². The Morgan fingerprint density at radius 2 is 2.05 bits per heavy atom. The lowest BCUT2D eigenvalue weighted by Crippen LogP contribution is -2.13. The third kappa shape index (κ3) is 3.29. The highest BCUT2D eigenvalue weighted by Crippen LogP contribution is 2.27. The van der Waals surface area contributed by atoms with Crippen molar-refractivity contribution in [3.63, 3.8) is 0 Å². The third-order valence-electron chi connectivity index (χ3n) is 2.58. The summed E-state index contributed by atoms with van der Waals surface area (Å²) in [5, 5.41) is 2.94. The number of carbonyl (C=O) groups is 1. The van der Waals surface area contributed by atoms with Crippen LogP contribution in [0.25, 0.3) is 0 Å². The summed E-state index contributed by atoms with van der Waals surface area (Å²) < 4.78 is 19.2. The molecule has 0 aliphatic heterocycles. The summed E-state index contributed by atoms with van der Waals surface area (Å²) in [6, 6.07) is 8.94. The molecule has 0 aliphatic rings. The lowest BCUT2D eigenvalue weighted by molar-refractivity contribution is 0.102. The Balaban J connectivity index is 2.23. The Hall–Kier alpha value is -1.59. The minimum absolute atomic E-state index is 0.0497. The quantitative estimate of drug-likeness (QED) is 0.877. The van der Waals surface area contributed by atoms with Crippen LogP contribution in [0.15, 0.2) is 40.9 Å². The van der Waals surface area contributed by atoms with Crippen molar-refractivity contribution in [3.05, 3.63) is 57.3 Å². The summed E-state index contributed by atoms with van der Waals surface area (Å²) in [6.45, 7) is 0. The molecule has 0 radical (unpaired) electrons. The van der Waals surface area contributed by atoms with E-state index in [1.807, 2.05) is 0 Å². The van der Waals surface area contributed by atoms with Crippen molar-refractivity contribution in [2.45, 2.75) is 0 Å². The number of hydrogen-bond acceptors (Lipinski definition) is 2. The number of benzene rings is 2. The highest BCUT2D eigenvalue weighted by atomic mass is 79.9. The Morgan fingerprint density at radius 3 is 2.70 bits per heavy atom. The van der Waals surface area contributed by atoms with E-state index in [4.69, 9.17) is 16.3 Å². The van der Waals surface area contributed by atoms with Crippen molar-refractivity contribution in [3.8, 4) is 5.75 Å². The molecular weight excluding hydrogens is 349 g/mol. The monoisotopic (exact) mass is 357 g/mol. The zero-order valence-corrected chi connectivity index (χ0v) is 12.8. The lowest BCUT2D eigenvalue weighted by Gasteiger charge is -2.09. The summed E-state index contributed by atoms with van der Waals surface area (Å²) in [4.78, 5) is 12.0. The SMILES string of the molecule is COc1ccc(NC(=O)c2cc(Br)ccc2F)cc1Cl. The minimum atomic E-state index is -0.592. The molecule has 0 heterocycles. The molecule has 0 spiro atoms. The normalized spacial score (nSPS) is 10.2. The molecule has 20 heavy (non-hydrogen) atoms. The average molecular weight is 359 g/mol. The number of ether oxygens (including phenoxy) is 1. The second kappa shape index (κ2) is 6.24. The third-order valence-corrected chi connectivity index (χ3v) is 3.37. The molecule has 2 rings (SSSR count).